The van der Waals surface area contributed by atoms with Crippen LogP contribution in [0.5, 0.6) is 0 Å². The summed E-state index contributed by atoms with van der Waals surface area (Å²) in [5.74, 6) is 0.0817. The minimum atomic E-state index is -0.285. The summed E-state index contributed by atoms with van der Waals surface area (Å²) in [6.07, 6.45) is 3.41. The standard InChI is InChI=1S/C20H22FN3O2S/c1-12-17(13-4-6-16(21)7-5-13)22-20(27-12)23-18(25)14-8-10-24(11-9-14)19(26)15-2-3-15/h4-7,14-15H,2-3,8-11H2,1H3,(H,22,23,25). The highest BCUT2D eigenvalue weighted by atomic mass is 32.1. The predicted molar refractivity (Wildman–Crippen MR) is 103 cm³/mol. The molecule has 0 spiro atoms. The number of halogens is 1. The maximum absolute atomic E-state index is 13.1. The number of piperidine rings is 1. The fraction of sp³-hybridized carbons (Fsp3) is 0.450. The highest BCUT2D eigenvalue weighted by Crippen LogP contribution is 2.33. The molecule has 1 aliphatic carbocycles. The molecule has 1 aliphatic heterocycles. The quantitative estimate of drug-likeness (QED) is 0.867. The van der Waals surface area contributed by atoms with Crippen LogP contribution < -0.4 is 5.32 Å². The monoisotopic (exact) mass is 387 g/mol. The Balaban J connectivity index is 1.36. The summed E-state index contributed by atoms with van der Waals surface area (Å²) in [6, 6.07) is 6.19. The molecule has 1 aromatic carbocycles. The van der Waals surface area contributed by atoms with Crippen LogP contribution in [0, 0.1) is 24.6 Å². The van der Waals surface area contributed by atoms with Gasteiger partial charge in [0, 0.05) is 35.4 Å². The Morgan fingerprint density at radius 3 is 2.41 bits per heavy atom. The van der Waals surface area contributed by atoms with Gasteiger partial charge in [-0.25, -0.2) is 9.37 Å². The van der Waals surface area contributed by atoms with Crippen LogP contribution in [0.2, 0.25) is 0 Å². The van der Waals surface area contributed by atoms with Gasteiger partial charge >= 0.3 is 0 Å². The van der Waals surface area contributed by atoms with Gasteiger partial charge in [0.25, 0.3) is 0 Å². The van der Waals surface area contributed by atoms with Crippen molar-refractivity contribution in [3.8, 4) is 11.3 Å². The van der Waals surface area contributed by atoms with E-state index < -0.39 is 0 Å². The van der Waals surface area contributed by atoms with E-state index >= 15 is 0 Å². The fourth-order valence-corrected chi connectivity index (χ4v) is 4.32. The van der Waals surface area contributed by atoms with Gasteiger partial charge in [-0.2, -0.15) is 0 Å². The second kappa shape index (κ2) is 7.38. The van der Waals surface area contributed by atoms with Gasteiger partial charge < -0.3 is 10.2 Å². The van der Waals surface area contributed by atoms with E-state index in [2.05, 4.69) is 10.3 Å². The normalized spacial score (nSPS) is 17.8. The molecule has 2 heterocycles. The maximum atomic E-state index is 13.1. The van der Waals surface area contributed by atoms with Crippen LogP contribution in [-0.2, 0) is 9.59 Å². The summed E-state index contributed by atoms with van der Waals surface area (Å²) < 4.78 is 13.1. The number of rotatable bonds is 4. The van der Waals surface area contributed by atoms with Crippen molar-refractivity contribution in [2.75, 3.05) is 18.4 Å². The van der Waals surface area contributed by atoms with Crippen molar-refractivity contribution in [3.05, 3.63) is 35.0 Å². The highest BCUT2D eigenvalue weighted by molar-refractivity contribution is 7.16. The molecule has 0 bridgehead atoms. The molecule has 1 N–H and O–H groups in total. The number of amides is 2. The zero-order valence-corrected chi connectivity index (χ0v) is 16.0. The topological polar surface area (TPSA) is 62.3 Å². The van der Waals surface area contributed by atoms with E-state index in [4.69, 9.17) is 0 Å². The lowest BCUT2D eigenvalue weighted by atomic mass is 9.95. The lowest BCUT2D eigenvalue weighted by molar-refractivity contribution is -0.135. The average Bonchev–Trinajstić information content (AvgIpc) is 3.46. The minimum Gasteiger partial charge on any atom is -0.342 e. The number of benzene rings is 1. The van der Waals surface area contributed by atoms with Gasteiger partial charge in [-0.05, 0) is 56.9 Å². The molecule has 2 amide bonds. The Kier molecular flexibility index (Phi) is 4.95. The Hall–Kier alpha value is -2.28. The van der Waals surface area contributed by atoms with Crippen molar-refractivity contribution in [1.82, 2.24) is 9.88 Å². The first kappa shape index (κ1) is 18.1. The average molecular weight is 387 g/mol. The predicted octanol–water partition coefficient (Wildman–Crippen LogP) is 3.84. The first-order chi connectivity index (χ1) is 13.0. The second-order valence-corrected chi connectivity index (χ2v) is 8.50. The minimum absolute atomic E-state index is 0.0343. The maximum Gasteiger partial charge on any atom is 0.229 e. The van der Waals surface area contributed by atoms with E-state index in [0.717, 1.165) is 29.0 Å². The lowest BCUT2D eigenvalue weighted by Gasteiger charge is -2.31. The van der Waals surface area contributed by atoms with Crippen molar-refractivity contribution in [1.29, 1.82) is 0 Å². The van der Waals surface area contributed by atoms with Crippen LogP contribution in [0.3, 0.4) is 0 Å². The zero-order chi connectivity index (χ0) is 19.0. The van der Waals surface area contributed by atoms with E-state index in [9.17, 15) is 14.0 Å². The van der Waals surface area contributed by atoms with Crippen LogP contribution in [0.15, 0.2) is 24.3 Å². The molecule has 1 saturated heterocycles. The molecule has 2 aromatic rings. The molecule has 0 radical (unpaired) electrons. The van der Waals surface area contributed by atoms with Crippen LogP contribution in [0.25, 0.3) is 11.3 Å². The van der Waals surface area contributed by atoms with Crippen LogP contribution in [0.1, 0.15) is 30.6 Å². The van der Waals surface area contributed by atoms with E-state index in [1.54, 1.807) is 12.1 Å². The number of nitrogens with zero attached hydrogens (tertiary/aromatic N) is 2. The number of hydrogen-bond acceptors (Lipinski definition) is 4. The molecule has 27 heavy (non-hydrogen) atoms. The zero-order valence-electron chi connectivity index (χ0n) is 15.2. The molecule has 2 aliphatic rings. The summed E-state index contributed by atoms with van der Waals surface area (Å²) in [7, 11) is 0. The first-order valence-corrected chi connectivity index (χ1v) is 10.2. The SMILES string of the molecule is Cc1sc(NC(=O)C2CCN(C(=O)C3CC3)CC2)nc1-c1ccc(F)cc1. The lowest BCUT2D eigenvalue weighted by Crippen LogP contribution is -2.42. The summed E-state index contributed by atoms with van der Waals surface area (Å²) in [4.78, 5) is 32.1. The molecular formula is C20H22FN3O2S. The molecule has 4 rings (SSSR count). The number of nitrogens with one attached hydrogen (secondary N) is 1. The Morgan fingerprint density at radius 2 is 1.78 bits per heavy atom. The number of carbonyl (C=O) groups excluding carboxylic acids is 2. The highest BCUT2D eigenvalue weighted by Gasteiger charge is 2.36. The van der Waals surface area contributed by atoms with Crippen molar-refractivity contribution >= 4 is 28.3 Å². The van der Waals surface area contributed by atoms with Gasteiger partial charge in [0.2, 0.25) is 11.8 Å². The number of likely N-dealkylation sites (tertiary alicyclic amines) is 1. The van der Waals surface area contributed by atoms with Gasteiger partial charge in [-0.15, -0.1) is 11.3 Å². The van der Waals surface area contributed by atoms with Gasteiger partial charge in [-0.3, -0.25) is 9.59 Å². The van der Waals surface area contributed by atoms with Crippen LogP contribution in [-0.4, -0.2) is 34.8 Å². The number of aryl methyl sites for hydroxylation is 1. The van der Waals surface area contributed by atoms with Gasteiger partial charge in [0.15, 0.2) is 5.13 Å². The van der Waals surface area contributed by atoms with Gasteiger partial charge in [-0.1, -0.05) is 0 Å². The van der Waals surface area contributed by atoms with E-state index in [-0.39, 0.29) is 29.5 Å². The van der Waals surface area contributed by atoms with Crippen molar-refractivity contribution < 1.29 is 14.0 Å². The smallest absolute Gasteiger partial charge is 0.229 e. The number of aromatic nitrogens is 1. The van der Waals surface area contributed by atoms with Crippen LogP contribution >= 0.6 is 11.3 Å². The van der Waals surface area contributed by atoms with Crippen molar-refractivity contribution in [2.24, 2.45) is 11.8 Å². The largest absolute Gasteiger partial charge is 0.342 e. The Bertz CT molecular complexity index is 853. The fourth-order valence-electron chi connectivity index (χ4n) is 3.48. The van der Waals surface area contributed by atoms with Crippen molar-refractivity contribution in [2.45, 2.75) is 32.6 Å². The molecule has 142 valence electrons. The summed E-state index contributed by atoms with van der Waals surface area (Å²) in [5, 5.41) is 3.49. The number of carbonyl (C=O) groups is 2. The summed E-state index contributed by atoms with van der Waals surface area (Å²) in [6.45, 7) is 3.25. The van der Waals surface area contributed by atoms with Gasteiger partial charge in [0.05, 0.1) is 5.69 Å². The molecular weight excluding hydrogens is 365 g/mol. The molecule has 1 aromatic heterocycles. The third-order valence-electron chi connectivity index (χ3n) is 5.25. The Labute approximate surface area is 161 Å². The van der Waals surface area contributed by atoms with Crippen LogP contribution in [0.4, 0.5) is 9.52 Å². The van der Waals surface area contributed by atoms with E-state index in [1.165, 1.54) is 23.5 Å². The third kappa shape index (κ3) is 4.03. The number of thiazole rings is 1. The molecule has 2 fully saturated rings. The molecule has 7 heteroatoms. The second-order valence-electron chi connectivity index (χ2n) is 7.29. The summed E-state index contributed by atoms with van der Waals surface area (Å²) >= 11 is 1.42. The first-order valence-electron chi connectivity index (χ1n) is 9.34. The van der Waals surface area contributed by atoms with Gasteiger partial charge in [0.1, 0.15) is 5.82 Å². The number of hydrogen-bond donors (Lipinski definition) is 1. The van der Waals surface area contributed by atoms with Crippen molar-refractivity contribution in [3.63, 3.8) is 0 Å². The molecule has 1 saturated carbocycles. The number of anilines is 1. The van der Waals surface area contributed by atoms with E-state index in [0.29, 0.717) is 31.1 Å². The Morgan fingerprint density at radius 1 is 1.11 bits per heavy atom. The molecule has 0 unspecified atom stereocenters. The molecule has 0 atom stereocenters. The van der Waals surface area contributed by atoms with E-state index in [1.807, 2.05) is 11.8 Å². The summed E-state index contributed by atoms with van der Waals surface area (Å²) in [5.41, 5.74) is 1.60. The third-order valence-corrected chi connectivity index (χ3v) is 6.13. The molecule has 5 nitrogen and oxygen atoms in total.